The van der Waals surface area contributed by atoms with E-state index in [-0.39, 0.29) is 23.3 Å². The quantitative estimate of drug-likeness (QED) is 0.616. The summed E-state index contributed by atoms with van der Waals surface area (Å²) in [5.41, 5.74) is 1.53. The van der Waals surface area contributed by atoms with Gasteiger partial charge in [-0.1, -0.05) is 44.2 Å². The minimum absolute atomic E-state index is 0.115. The molecule has 5 heteroatoms. The normalized spacial score (nSPS) is 31.6. The monoisotopic (exact) mass is 465 g/mol. The minimum Gasteiger partial charge on any atom is -0.344 e. The molecule has 0 spiro atoms. The minimum atomic E-state index is -0.387. The number of hydrogen-bond donors (Lipinski definition) is 1. The molecule has 1 saturated heterocycles. The van der Waals surface area contributed by atoms with Gasteiger partial charge < -0.3 is 10.2 Å². The average molecular weight is 466 g/mol. The molecule has 186 valence electrons. The summed E-state index contributed by atoms with van der Waals surface area (Å²) in [5.74, 6) is 3.14. The Morgan fingerprint density at radius 2 is 1.53 bits per heavy atom. The lowest BCUT2D eigenvalue weighted by atomic mass is 9.49. The first-order valence-electron chi connectivity index (χ1n) is 13.7. The van der Waals surface area contributed by atoms with Crippen molar-refractivity contribution in [3.63, 3.8) is 0 Å². The molecule has 0 aromatic heterocycles. The molecule has 5 aliphatic rings. The van der Waals surface area contributed by atoms with Crippen LogP contribution in [0.3, 0.4) is 0 Å². The van der Waals surface area contributed by atoms with Gasteiger partial charge in [0.2, 0.25) is 11.8 Å². The third-order valence-corrected chi connectivity index (χ3v) is 8.97. The second-order valence-electron chi connectivity index (χ2n) is 12.4. The Labute approximate surface area is 205 Å². The molecule has 4 saturated carbocycles. The molecular formula is C29H43N3O2. The molecule has 5 nitrogen and oxygen atoms in total. The van der Waals surface area contributed by atoms with E-state index in [1.165, 1.54) is 44.1 Å². The number of carbonyl (C=O) groups excluding carboxylic acids is 2. The van der Waals surface area contributed by atoms with E-state index in [1.807, 2.05) is 11.0 Å². The third kappa shape index (κ3) is 5.50. The van der Waals surface area contributed by atoms with Crippen molar-refractivity contribution in [1.82, 2.24) is 15.1 Å². The number of amides is 2. The zero-order valence-corrected chi connectivity index (χ0v) is 21.2. The number of nitrogens with one attached hydrogen (secondary N) is 1. The Morgan fingerprint density at radius 1 is 0.941 bits per heavy atom. The molecule has 34 heavy (non-hydrogen) atoms. The van der Waals surface area contributed by atoms with Crippen LogP contribution in [0.5, 0.6) is 0 Å². The number of hydrogen-bond acceptors (Lipinski definition) is 3. The van der Waals surface area contributed by atoms with Crippen molar-refractivity contribution in [3.8, 4) is 0 Å². The van der Waals surface area contributed by atoms with Crippen LogP contribution in [0.15, 0.2) is 30.3 Å². The van der Waals surface area contributed by atoms with Gasteiger partial charge in [0.25, 0.3) is 0 Å². The molecule has 1 N–H and O–H groups in total. The van der Waals surface area contributed by atoms with Crippen LogP contribution in [0.4, 0.5) is 0 Å². The number of nitrogens with zero attached hydrogens (tertiary/aromatic N) is 2. The van der Waals surface area contributed by atoms with Crippen LogP contribution in [-0.2, 0) is 16.1 Å². The lowest BCUT2D eigenvalue weighted by Crippen LogP contribution is -2.55. The molecule has 1 heterocycles. The van der Waals surface area contributed by atoms with Gasteiger partial charge in [0.05, 0.1) is 0 Å². The molecule has 4 aliphatic carbocycles. The maximum absolute atomic E-state index is 13.5. The van der Waals surface area contributed by atoms with Crippen molar-refractivity contribution in [2.75, 3.05) is 26.2 Å². The van der Waals surface area contributed by atoms with Crippen LogP contribution in [0, 0.1) is 29.1 Å². The zero-order chi connectivity index (χ0) is 23.7. The Kier molecular flexibility index (Phi) is 7.02. The summed E-state index contributed by atoms with van der Waals surface area (Å²) in [6.45, 7) is 8.47. The van der Waals surface area contributed by atoms with Crippen molar-refractivity contribution in [3.05, 3.63) is 35.9 Å². The Hall–Kier alpha value is -1.88. The van der Waals surface area contributed by atoms with E-state index >= 15 is 0 Å². The Bertz CT molecular complexity index is 824. The lowest BCUT2D eigenvalue weighted by Gasteiger charge is -2.56. The first-order chi connectivity index (χ1) is 16.4. The highest BCUT2D eigenvalue weighted by Crippen LogP contribution is 2.61. The molecule has 2 amide bonds. The van der Waals surface area contributed by atoms with Gasteiger partial charge in [-0.15, -0.1) is 0 Å². The van der Waals surface area contributed by atoms with Crippen LogP contribution in [0.25, 0.3) is 0 Å². The summed E-state index contributed by atoms with van der Waals surface area (Å²) in [5, 5.41) is 3.23. The number of rotatable bonds is 8. The highest BCUT2D eigenvalue weighted by atomic mass is 16.2. The highest BCUT2D eigenvalue weighted by molar-refractivity contribution is 5.88. The molecule has 0 unspecified atom stereocenters. The summed E-state index contributed by atoms with van der Waals surface area (Å²) in [7, 11) is 0. The first kappa shape index (κ1) is 23.8. The molecule has 4 bridgehead atoms. The summed E-state index contributed by atoms with van der Waals surface area (Å²) < 4.78 is 0. The molecule has 5 fully saturated rings. The van der Waals surface area contributed by atoms with Crippen LogP contribution in [-0.4, -0.2) is 53.8 Å². The van der Waals surface area contributed by atoms with Gasteiger partial charge in [-0.05, 0) is 79.6 Å². The fraction of sp³-hybridized carbons (Fsp3) is 0.724. The number of carbonyl (C=O) groups is 2. The van der Waals surface area contributed by atoms with E-state index in [4.69, 9.17) is 0 Å². The van der Waals surface area contributed by atoms with Crippen molar-refractivity contribution in [1.29, 1.82) is 0 Å². The summed E-state index contributed by atoms with van der Waals surface area (Å²) in [6.07, 6.45) is 9.23. The number of benzene rings is 1. The topological polar surface area (TPSA) is 52.7 Å². The Morgan fingerprint density at radius 3 is 2.09 bits per heavy atom. The van der Waals surface area contributed by atoms with Gasteiger partial charge in [0.1, 0.15) is 6.04 Å². The maximum Gasteiger partial charge on any atom is 0.245 e. The predicted octanol–water partition coefficient (Wildman–Crippen LogP) is 4.47. The highest BCUT2D eigenvalue weighted by Gasteiger charge is 2.51. The SMILES string of the molecule is CC(C)C[C@H](NC(=O)CC12CC3CC(CC(C3)C1)C2)C(=O)N1CCN(Cc2ccccc2)CC1. The van der Waals surface area contributed by atoms with Crippen molar-refractivity contribution >= 4 is 11.8 Å². The van der Waals surface area contributed by atoms with Crippen LogP contribution in [0.1, 0.15) is 70.8 Å². The van der Waals surface area contributed by atoms with Crippen molar-refractivity contribution in [2.45, 2.75) is 77.8 Å². The first-order valence-corrected chi connectivity index (χ1v) is 13.7. The smallest absolute Gasteiger partial charge is 0.245 e. The van der Waals surface area contributed by atoms with Crippen molar-refractivity contribution in [2.24, 2.45) is 29.1 Å². The number of piperazine rings is 1. The van der Waals surface area contributed by atoms with E-state index in [9.17, 15) is 9.59 Å². The van der Waals surface area contributed by atoms with Gasteiger partial charge in [-0.3, -0.25) is 14.5 Å². The molecule has 1 aliphatic heterocycles. The van der Waals surface area contributed by atoms with Crippen LogP contribution < -0.4 is 5.32 Å². The van der Waals surface area contributed by atoms with Crippen LogP contribution in [0.2, 0.25) is 0 Å². The predicted molar refractivity (Wildman–Crippen MR) is 135 cm³/mol. The molecular weight excluding hydrogens is 422 g/mol. The maximum atomic E-state index is 13.5. The average Bonchev–Trinajstić information content (AvgIpc) is 2.78. The molecule has 1 atom stereocenters. The summed E-state index contributed by atoms with van der Waals surface area (Å²) in [6, 6.07) is 10.1. The van der Waals surface area contributed by atoms with Gasteiger partial charge in [-0.25, -0.2) is 0 Å². The van der Waals surface area contributed by atoms with Crippen LogP contribution >= 0.6 is 0 Å². The van der Waals surface area contributed by atoms with Gasteiger partial charge in [0.15, 0.2) is 0 Å². The van der Waals surface area contributed by atoms with E-state index in [1.54, 1.807) is 0 Å². The standard InChI is InChI=1S/C29H43N3O2/c1-21(2)12-26(28(34)32-10-8-31(9-11-32)20-22-6-4-3-5-7-22)30-27(33)19-29-16-23-13-24(17-29)15-25(14-23)18-29/h3-7,21,23-26H,8-20H2,1-2H3,(H,30,33)/t23?,24?,25?,26-,29?/m0/s1. The van der Waals surface area contributed by atoms with E-state index in [0.717, 1.165) is 56.9 Å². The molecule has 1 aromatic carbocycles. The summed E-state index contributed by atoms with van der Waals surface area (Å²) >= 11 is 0. The summed E-state index contributed by atoms with van der Waals surface area (Å²) in [4.78, 5) is 31.2. The van der Waals surface area contributed by atoms with Gasteiger partial charge in [-0.2, -0.15) is 0 Å². The molecule has 1 aromatic rings. The zero-order valence-electron chi connectivity index (χ0n) is 21.2. The van der Waals surface area contributed by atoms with E-state index < -0.39 is 0 Å². The largest absolute Gasteiger partial charge is 0.344 e. The Balaban J connectivity index is 1.16. The molecule has 0 radical (unpaired) electrons. The van der Waals surface area contributed by atoms with Gasteiger partial charge in [0, 0.05) is 39.1 Å². The molecule has 6 rings (SSSR count). The fourth-order valence-corrected chi connectivity index (χ4v) is 7.97. The van der Waals surface area contributed by atoms with E-state index in [0.29, 0.717) is 12.3 Å². The third-order valence-electron chi connectivity index (χ3n) is 8.97. The van der Waals surface area contributed by atoms with Gasteiger partial charge >= 0.3 is 0 Å². The van der Waals surface area contributed by atoms with Crippen molar-refractivity contribution < 1.29 is 9.59 Å². The second-order valence-corrected chi connectivity index (χ2v) is 12.4. The fourth-order valence-electron chi connectivity index (χ4n) is 7.97. The lowest BCUT2D eigenvalue weighted by molar-refractivity contribution is -0.140. The van der Waals surface area contributed by atoms with E-state index in [2.05, 4.69) is 48.3 Å². The second kappa shape index (κ2) is 10.0.